The number of hydrogen-bond donors (Lipinski definition) is 4. The maximum absolute atomic E-state index is 13.1. The van der Waals surface area contributed by atoms with Gasteiger partial charge in [0.25, 0.3) is 0 Å². The molecule has 0 radical (unpaired) electrons. The Morgan fingerprint density at radius 1 is 1.10 bits per heavy atom. The lowest BCUT2D eigenvalue weighted by atomic mass is 9.69. The molecule has 3 rings (SSSR count). The minimum Gasteiger partial charge on any atom is -0.469 e. The number of methoxy groups -OCH3 is 1. The summed E-state index contributed by atoms with van der Waals surface area (Å²) in [5, 5.41) is 3.34. The van der Waals surface area contributed by atoms with E-state index in [2.05, 4.69) is 25.1 Å². The van der Waals surface area contributed by atoms with Crippen molar-refractivity contribution in [2.24, 2.45) is 28.8 Å². The van der Waals surface area contributed by atoms with Crippen LogP contribution in [0.4, 0.5) is 11.4 Å². The smallest absolute Gasteiger partial charge is 0.312 e. The van der Waals surface area contributed by atoms with Crippen LogP contribution in [0.2, 0.25) is 0 Å². The predicted octanol–water partition coefficient (Wildman–Crippen LogP) is 5.02. The molecule has 2 aromatic rings. The molecule has 0 aliphatic heterocycles. The zero-order chi connectivity index (χ0) is 29.6. The number of aryl methyl sites for hydroxylation is 1. The first-order valence-electron chi connectivity index (χ1n) is 14.4. The lowest BCUT2D eigenvalue weighted by molar-refractivity contribution is -0.151. The molecule has 220 valence electrons. The van der Waals surface area contributed by atoms with Crippen molar-refractivity contribution in [2.75, 3.05) is 31.4 Å². The van der Waals surface area contributed by atoms with Gasteiger partial charge < -0.3 is 26.2 Å². The van der Waals surface area contributed by atoms with Crippen LogP contribution in [0.1, 0.15) is 86.1 Å². The van der Waals surface area contributed by atoms with Crippen LogP contribution in [-0.2, 0) is 16.0 Å². The van der Waals surface area contributed by atoms with E-state index >= 15 is 0 Å². The zero-order valence-electron chi connectivity index (χ0n) is 25.3. The molecule has 8 N–H and O–H groups in total. The summed E-state index contributed by atoms with van der Waals surface area (Å²) in [6.45, 7) is 8.71. The standard InChI is InChI=1S/C32H50N6O2/c1-21-13-14-24(17-25(21)18-26(19-33)38(36)20-23-11-9-7-8-10-12-23)29(32(3,4)31(39)40-6)27-15-16-28(37(5)35)30(34)22(27)2/h13-17,19,23,29H,7-12,18,20,33-36H2,1-6H3/b26-19-. The van der Waals surface area contributed by atoms with Crippen molar-refractivity contribution in [3.8, 4) is 0 Å². The number of anilines is 2. The number of carbonyl (C=O) groups is 1. The third-order valence-corrected chi connectivity index (χ3v) is 8.73. The Morgan fingerprint density at radius 3 is 2.33 bits per heavy atom. The largest absolute Gasteiger partial charge is 0.469 e. The normalized spacial score (nSPS) is 15.8. The molecule has 1 aliphatic rings. The molecule has 0 saturated heterocycles. The number of benzene rings is 2. The molecular weight excluding hydrogens is 500 g/mol. The molecule has 2 aromatic carbocycles. The van der Waals surface area contributed by atoms with E-state index in [1.165, 1.54) is 50.6 Å². The summed E-state index contributed by atoms with van der Waals surface area (Å²) >= 11 is 0. The molecule has 0 heterocycles. The Kier molecular flexibility index (Phi) is 10.5. The molecule has 0 bridgehead atoms. The number of hydrazine groups is 2. The van der Waals surface area contributed by atoms with E-state index in [0.29, 0.717) is 18.0 Å². The van der Waals surface area contributed by atoms with Crippen LogP contribution in [-0.4, -0.2) is 31.7 Å². The SMILES string of the molecule is COC(=O)C(C)(C)C(c1ccc(C)c(C/C(=C/N)N(N)CC2CCCCCC2)c1)c1ccc(N(C)N)c(N)c1C. The number of carbonyl (C=O) groups excluding carboxylic acids is 1. The average molecular weight is 551 g/mol. The van der Waals surface area contributed by atoms with Crippen LogP contribution < -0.4 is 28.2 Å². The van der Waals surface area contributed by atoms with E-state index in [4.69, 9.17) is 27.9 Å². The summed E-state index contributed by atoms with van der Waals surface area (Å²) in [4.78, 5) is 13.1. The van der Waals surface area contributed by atoms with Gasteiger partial charge in [-0.15, -0.1) is 0 Å². The van der Waals surface area contributed by atoms with Crippen LogP contribution in [0.3, 0.4) is 0 Å². The van der Waals surface area contributed by atoms with Crippen LogP contribution in [0.5, 0.6) is 0 Å². The van der Waals surface area contributed by atoms with E-state index in [9.17, 15) is 4.79 Å². The number of esters is 1. The Bertz CT molecular complexity index is 1200. The number of nitrogens with zero attached hydrogens (tertiary/aromatic N) is 2. The minimum absolute atomic E-state index is 0.295. The number of ether oxygens (including phenoxy) is 1. The third-order valence-electron chi connectivity index (χ3n) is 8.73. The molecule has 0 aromatic heterocycles. The fourth-order valence-corrected chi connectivity index (χ4v) is 6.17. The maximum Gasteiger partial charge on any atom is 0.312 e. The highest BCUT2D eigenvalue weighted by atomic mass is 16.5. The Balaban J connectivity index is 2.02. The summed E-state index contributed by atoms with van der Waals surface area (Å²) in [5.74, 6) is 12.6. The van der Waals surface area contributed by atoms with Crippen molar-refractivity contribution >= 4 is 17.3 Å². The number of hydrogen-bond acceptors (Lipinski definition) is 8. The van der Waals surface area contributed by atoms with Crippen molar-refractivity contribution in [3.05, 3.63) is 70.0 Å². The Hall–Kier alpha value is -3.23. The first kappa shape index (κ1) is 31.3. The number of nitrogens with two attached hydrogens (primary N) is 4. The molecule has 8 nitrogen and oxygen atoms in total. The van der Waals surface area contributed by atoms with Gasteiger partial charge in [-0.2, -0.15) is 0 Å². The maximum atomic E-state index is 13.1. The monoisotopic (exact) mass is 550 g/mol. The van der Waals surface area contributed by atoms with Crippen LogP contribution in [0, 0.1) is 25.2 Å². The fourth-order valence-electron chi connectivity index (χ4n) is 6.17. The van der Waals surface area contributed by atoms with Crippen molar-refractivity contribution in [3.63, 3.8) is 0 Å². The zero-order valence-corrected chi connectivity index (χ0v) is 25.3. The van der Waals surface area contributed by atoms with Crippen molar-refractivity contribution < 1.29 is 9.53 Å². The van der Waals surface area contributed by atoms with Crippen LogP contribution in [0.15, 0.2) is 42.2 Å². The Morgan fingerprint density at radius 2 is 1.75 bits per heavy atom. The van der Waals surface area contributed by atoms with E-state index < -0.39 is 5.41 Å². The fraction of sp³-hybridized carbons (Fsp3) is 0.531. The van der Waals surface area contributed by atoms with Crippen molar-refractivity contribution in [2.45, 2.75) is 78.6 Å². The first-order chi connectivity index (χ1) is 18.9. The molecule has 1 aliphatic carbocycles. The van der Waals surface area contributed by atoms with Gasteiger partial charge in [-0.05, 0) is 80.3 Å². The lowest BCUT2D eigenvalue weighted by Crippen LogP contribution is -2.36. The quantitative estimate of drug-likeness (QED) is 0.106. The number of nitrogen functional groups attached to an aromatic ring is 1. The molecule has 1 atom stereocenters. The molecule has 1 saturated carbocycles. The third kappa shape index (κ3) is 6.91. The molecule has 0 amide bonds. The van der Waals surface area contributed by atoms with Crippen LogP contribution in [0.25, 0.3) is 0 Å². The van der Waals surface area contributed by atoms with Gasteiger partial charge >= 0.3 is 5.97 Å². The van der Waals surface area contributed by atoms with Gasteiger partial charge in [0.2, 0.25) is 0 Å². The van der Waals surface area contributed by atoms with Crippen molar-refractivity contribution in [1.29, 1.82) is 0 Å². The topological polar surface area (TPSA) is 137 Å². The van der Waals surface area contributed by atoms with Gasteiger partial charge in [-0.1, -0.05) is 49.9 Å². The van der Waals surface area contributed by atoms with Crippen LogP contribution >= 0.6 is 0 Å². The highest BCUT2D eigenvalue weighted by Gasteiger charge is 2.41. The summed E-state index contributed by atoms with van der Waals surface area (Å²) in [5.41, 5.74) is 19.1. The summed E-state index contributed by atoms with van der Waals surface area (Å²) in [6, 6.07) is 10.3. The summed E-state index contributed by atoms with van der Waals surface area (Å²) in [6.07, 6.45) is 9.82. The summed E-state index contributed by atoms with van der Waals surface area (Å²) < 4.78 is 5.27. The second kappa shape index (κ2) is 13.4. The van der Waals surface area contributed by atoms with Gasteiger partial charge in [-0.3, -0.25) is 4.79 Å². The molecule has 8 heteroatoms. The molecule has 1 fully saturated rings. The van der Waals surface area contributed by atoms with E-state index in [0.717, 1.165) is 45.7 Å². The molecule has 40 heavy (non-hydrogen) atoms. The summed E-state index contributed by atoms with van der Waals surface area (Å²) in [7, 11) is 3.18. The van der Waals surface area contributed by atoms with Gasteiger partial charge in [-0.25, -0.2) is 11.7 Å². The highest BCUT2D eigenvalue weighted by Crippen LogP contribution is 2.45. The van der Waals surface area contributed by atoms with Gasteiger partial charge in [0.15, 0.2) is 0 Å². The number of rotatable bonds is 10. The first-order valence-corrected chi connectivity index (χ1v) is 14.4. The van der Waals surface area contributed by atoms with Gasteiger partial charge in [0.1, 0.15) is 0 Å². The van der Waals surface area contributed by atoms with Gasteiger partial charge in [0.05, 0.1) is 23.9 Å². The molecular formula is C32H50N6O2. The Labute approximate surface area is 240 Å². The van der Waals surface area contributed by atoms with Crippen molar-refractivity contribution in [1.82, 2.24) is 5.01 Å². The average Bonchev–Trinajstić information content (AvgIpc) is 3.19. The van der Waals surface area contributed by atoms with E-state index in [1.807, 2.05) is 37.9 Å². The molecule has 0 spiro atoms. The highest BCUT2D eigenvalue weighted by molar-refractivity contribution is 5.80. The number of allylic oxidation sites excluding steroid dienone is 1. The second-order valence-corrected chi connectivity index (χ2v) is 12.0. The minimum atomic E-state index is -0.874. The van der Waals surface area contributed by atoms with Gasteiger partial charge in [0, 0.05) is 37.8 Å². The molecule has 1 unspecified atom stereocenters. The second-order valence-electron chi connectivity index (χ2n) is 12.0. The van der Waals surface area contributed by atoms with E-state index in [-0.39, 0.29) is 11.9 Å². The lowest BCUT2D eigenvalue weighted by Gasteiger charge is -2.35. The predicted molar refractivity (Wildman–Crippen MR) is 165 cm³/mol. The van der Waals surface area contributed by atoms with E-state index in [1.54, 1.807) is 13.2 Å².